The summed E-state index contributed by atoms with van der Waals surface area (Å²) in [5, 5.41) is -0.160. The minimum absolute atomic E-state index is 0.160. The van der Waals surface area contributed by atoms with Crippen molar-refractivity contribution in [2.24, 2.45) is 0 Å². The number of hydrogen-bond acceptors (Lipinski definition) is 1. The second kappa shape index (κ2) is 5.09. The lowest BCUT2D eigenvalue weighted by Gasteiger charge is -2.12. The lowest BCUT2D eigenvalue weighted by Crippen LogP contribution is -2.06. The minimum atomic E-state index is -4.44. The largest absolute Gasteiger partial charge is 0.416 e. The van der Waals surface area contributed by atoms with E-state index in [2.05, 4.69) is 4.98 Å². The van der Waals surface area contributed by atoms with Crippen LogP contribution in [0.15, 0.2) is 24.3 Å². The molecule has 106 valence electrons. The van der Waals surface area contributed by atoms with Gasteiger partial charge in [-0.1, -0.05) is 17.7 Å². The molecule has 0 atom stereocenters. The lowest BCUT2D eigenvalue weighted by atomic mass is 9.98. The fourth-order valence-electron chi connectivity index (χ4n) is 2.04. The van der Waals surface area contributed by atoms with E-state index in [9.17, 15) is 13.2 Å². The van der Waals surface area contributed by atoms with Gasteiger partial charge in [-0.15, -0.1) is 0 Å². The summed E-state index contributed by atoms with van der Waals surface area (Å²) in [5.74, 6) is 0. The van der Waals surface area contributed by atoms with Crippen molar-refractivity contribution in [1.29, 1.82) is 0 Å². The van der Waals surface area contributed by atoms with E-state index in [0.717, 1.165) is 28.8 Å². The Labute approximate surface area is 120 Å². The van der Waals surface area contributed by atoms with Crippen molar-refractivity contribution in [3.05, 3.63) is 51.7 Å². The molecule has 0 radical (unpaired) electrons. The number of rotatable bonds is 1. The predicted molar refractivity (Wildman–Crippen MR) is 73.9 cm³/mol. The first-order chi connectivity index (χ1) is 9.18. The third-order valence-corrected chi connectivity index (χ3v) is 3.43. The van der Waals surface area contributed by atoms with Gasteiger partial charge >= 0.3 is 6.18 Å². The van der Waals surface area contributed by atoms with E-state index in [4.69, 9.17) is 11.6 Å². The van der Waals surface area contributed by atoms with E-state index < -0.39 is 11.7 Å². The molecule has 0 aliphatic heterocycles. The van der Waals surface area contributed by atoms with Crippen molar-refractivity contribution in [3.63, 3.8) is 0 Å². The minimum Gasteiger partial charge on any atom is -0.236 e. The highest BCUT2D eigenvalue weighted by atomic mass is 35.5. The number of aryl methyl sites for hydroxylation is 3. The van der Waals surface area contributed by atoms with Crippen LogP contribution >= 0.6 is 11.6 Å². The molecule has 2 aromatic rings. The van der Waals surface area contributed by atoms with E-state index in [1.54, 1.807) is 0 Å². The van der Waals surface area contributed by atoms with Crippen molar-refractivity contribution in [1.82, 2.24) is 4.98 Å². The molecular weight excluding hydrogens is 287 g/mol. The average Bonchev–Trinajstić information content (AvgIpc) is 2.32. The first-order valence-electron chi connectivity index (χ1n) is 6.01. The zero-order chi connectivity index (χ0) is 15.1. The second-order valence-electron chi connectivity index (χ2n) is 4.81. The number of benzene rings is 1. The van der Waals surface area contributed by atoms with Gasteiger partial charge in [-0.3, -0.25) is 0 Å². The predicted octanol–water partition coefficient (Wildman–Crippen LogP) is 5.35. The van der Waals surface area contributed by atoms with Crippen LogP contribution in [0.3, 0.4) is 0 Å². The number of nitrogens with zero attached hydrogens (tertiary/aromatic N) is 1. The Hall–Kier alpha value is -1.55. The molecule has 0 saturated carbocycles. The zero-order valence-corrected chi connectivity index (χ0v) is 12.0. The van der Waals surface area contributed by atoms with Gasteiger partial charge < -0.3 is 0 Å². The van der Waals surface area contributed by atoms with Crippen LogP contribution in [0, 0.1) is 20.8 Å². The number of aromatic nitrogens is 1. The fourth-order valence-corrected chi connectivity index (χ4v) is 2.24. The van der Waals surface area contributed by atoms with Gasteiger partial charge in [-0.05, 0) is 55.7 Å². The normalized spacial score (nSPS) is 11.8. The van der Waals surface area contributed by atoms with Gasteiger partial charge in [0, 0.05) is 5.56 Å². The third kappa shape index (κ3) is 2.96. The molecule has 0 N–H and O–H groups in total. The van der Waals surface area contributed by atoms with E-state index in [1.165, 1.54) is 0 Å². The Balaban J connectivity index is 2.64. The molecule has 0 amide bonds. The van der Waals surface area contributed by atoms with Crippen molar-refractivity contribution >= 4 is 11.6 Å². The third-order valence-electron chi connectivity index (χ3n) is 3.24. The number of alkyl halides is 3. The smallest absolute Gasteiger partial charge is 0.236 e. The molecule has 0 aliphatic carbocycles. The summed E-state index contributed by atoms with van der Waals surface area (Å²) in [6.45, 7) is 5.71. The zero-order valence-electron chi connectivity index (χ0n) is 11.3. The van der Waals surface area contributed by atoms with Crippen LogP contribution in [0.2, 0.25) is 5.15 Å². The summed E-state index contributed by atoms with van der Waals surface area (Å²) in [6, 6.07) is 5.63. The molecule has 0 spiro atoms. The molecule has 1 nitrogen and oxygen atoms in total. The molecule has 1 aromatic heterocycles. The highest BCUT2D eigenvalue weighted by Crippen LogP contribution is 2.34. The van der Waals surface area contributed by atoms with Crippen LogP contribution in [-0.2, 0) is 6.18 Å². The summed E-state index contributed by atoms with van der Waals surface area (Å²) >= 11 is 5.72. The van der Waals surface area contributed by atoms with Crippen LogP contribution in [0.5, 0.6) is 0 Å². The molecule has 1 heterocycles. The SMILES string of the molecule is Cc1cc(C)c(-c2cc(C(F)(F)F)cc(Cl)n2)cc1C. The van der Waals surface area contributed by atoms with Crippen molar-refractivity contribution in [2.75, 3.05) is 0 Å². The number of hydrogen-bond donors (Lipinski definition) is 0. The molecule has 0 unspecified atom stereocenters. The number of halogens is 4. The van der Waals surface area contributed by atoms with Gasteiger partial charge in [0.1, 0.15) is 5.15 Å². The van der Waals surface area contributed by atoms with E-state index in [1.807, 2.05) is 32.9 Å². The second-order valence-corrected chi connectivity index (χ2v) is 5.20. The molecule has 0 saturated heterocycles. The molecule has 2 rings (SSSR count). The Morgan fingerprint density at radius 2 is 1.50 bits per heavy atom. The summed E-state index contributed by atoms with van der Waals surface area (Å²) in [6.07, 6.45) is -4.44. The molecule has 5 heteroatoms. The standard InChI is InChI=1S/C15H13ClF3N/c1-8-4-10(3)12(5-9(8)2)13-6-11(15(17,18)19)7-14(16)20-13/h4-7H,1-3H3. The van der Waals surface area contributed by atoms with Crippen molar-refractivity contribution < 1.29 is 13.2 Å². The Bertz CT molecular complexity index is 663. The maximum atomic E-state index is 12.8. The van der Waals surface area contributed by atoms with Crippen molar-refractivity contribution in [3.8, 4) is 11.3 Å². The Morgan fingerprint density at radius 3 is 2.10 bits per heavy atom. The quantitative estimate of drug-likeness (QED) is 0.647. The highest BCUT2D eigenvalue weighted by molar-refractivity contribution is 6.29. The summed E-state index contributed by atoms with van der Waals surface area (Å²) < 4.78 is 38.5. The van der Waals surface area contributed by atoms with Crippen LogP contribution in [-0.4, -0.2) is 4.98 Å². The molecular formula is C15H13ClF3N. The summed E-state index contributed by atoms with van der Waals surface area (Å²) in [5.41, 5.74) is 3.08. The van der Waals surface area contributed by atoms with Crippen molar-refractivity contribution in [2.45, 2.75) is 26.9 Å². The van der Waals surface area contributed by atoms with Crippen LogP contribution in [0.4, 0.5) is 13.2 Å². The van der Waals surface area contributed by atoms with E-state index in [-0.39, 0.29) is 10.8 Å². The van der Waals surface area contributed by atoms with Crippen LogP contribution in [0.25, 0.3) is 11.3 Å². The van der Waals surface area contributed by atoms with Gasteiger partial charge in [0.15, 0.2) is 0 Å². The molecule has 0 fully saturated rings. The van der Waals surface area contributed by atoms with E-state index in [0.29, 0.717) is 5.56 Å². The topological polar surface area (TPSA) is 12.9 Å². The molecule has 1 aromatic carbocycles. The Morgan fingerprint density at radius 1 is 0.900 bits per heavy atom. The number of pyridine rings is 1. The molecule has 0 bridgehead atoms. The first-order valence-corrected chi connectivity index (χ1v) is 6.39. The van der Waals surface area contributed by atoms with Gasteiger partial charge in [-0.2, -0.15) is 13.2 Å². The lowest BCUT2D eigenvalue weighted by molar-refractivity contribution is -0.137. The monoisotopic (exact) mass is 299 g/mol. The summed E-state index contributed by atoms with van der Waals surface area (Å²) in [7, 11) is 0. The fraction of sp³-hybridized carbons (Fsp3) is 0.267. The average molecular weight is 300 g/mol. The van der Waals surface area contributed by atoms with Gasteiger partial charge in [0.2, 0.25) is 0 Å². The highest BCUT2D eigenvalue weighted by Gasteiger charge is 2.31. The molecule has 20 heavy (non-hydrogen) atoms. The molecule has 0 aliphatic rings. The summed E-state index contributed by atoms with van der Waals surface area (Å²) in [4.78, 5) is 4.01. The maximum absolute atomic E-state index is 12.8. The van der Waals surface area contributed by atoms with E-state index >= 15 is 0 Å². The van der Waals surface area contributed by atoms with Gasteiger partial charge in [0.05, 0.1) is 11.3 Å². The van der Waals surface area contributed by atoms with Crippen LogP contribution < -0.4 is 0 Å². The van der Waals surface area contributed by atoms with Gasteiger partial charge in [0.25, 0.3) is 0 Å². The van der Waals surface area contributed by atoms with Crippen LogP contribution in [0.1, 0.15) is 22.3 Å². The first kappa shape index (κ1) is 14.9. The van der Waals surface area contributed by atoms with Gasteiger partial charge in [-0.25, -0.2) is 4.98 Å². The Kier molecular flexibility index (Phi) is 3.78. The maximum Gasteiger partial charge on any atom is 0.416 e.